The topological polar surface area (TPSA) is 62.7 Å². The van der Waals surface area contributed by atoms with Gasteiger partial charge in [-0.05, 0) is 71.6 Å². The molecule has 0 aliphatic rings. The molecular weight excluding hydrogens is 400 g/mol. The van der Waals surface area contributed by atoms with Crippen molar-refractivity contribution >= 4 is 29.5 Å². The van der Waals surface area contributed by atoms with Gasteiger partial charge in [-0.25, -0.2) is 0 Å². The first-order chi connectivity index (χ1) is 13.7. The highest BCUT2D eigenvalue weighted by Gasteiger charge is 2.17. The molecular formula is C22H28N4OS2. The Labute approximate surface area is 181 Å². The number of aromatic amines is 1. The lowest BCUT2D eigenvalue weighted by molar-refractivity contribution is -0.121. The lowest BCUT2D eigenvalue weighted by Crippen LogP contribution is -2.30. The third-order valence-corrected chi connectivity index (χ3v) is 6.24. The molecule has 1 amide bonds. The predicted molar refractivity (Wildman–Crippen MR) is 122 cm³/mol. The van der Waals surface area contributed by atoms with E-state index in [1.54, 1.807) is 15.9 Å². The van der Waals surface area contributed by atoms with Crippen molar-refractivity contribution in [2.24, 2.45) is 0 Å². The second kappa shape index (κ2) is 8.63. The second-order valence-corrected chi connectivity index (χ2v) is 9.69. The van der Waals surface area contributed by atoms with Gasteiger partial charge in [0.05, 0.1) is 4.88 Å². The largest absolute Gasteiger partial charge is 0.354 e. The van der Waals surface area contributed by atoms with Crippen LogP contribution < -0.4 is 5.32 Å². The van der Waals surface area contributed by atoms with Crippen molar-refractivity contribution in [2.75, 3.05) is 6.54 Å². The summed E-state index contributed by atoms with van der Waals surface area (Å²) in [6.45, 7) is 11.7. The zero-order chi connectivity index (χ0) is 21.2. The Morgan fingerprint density at radius 2 is 1.97 bits per heavy atom. The molecule has 0 radical (unpaired) electrons. The SMILES string of the molecule is Cc1cc(C(C)(C)C)cc(C)c1CCNC(=O)Cn1c(-c2cccs2)n[nH]c1=S. The Kier molecular flexibility index (Phi) is 6.39. The Hall–Kier alpha value is -2.25. The zero-order valence-electron chi connectivity index (χ0n) is 17.6. The maximum atomic E-state index is 12.5. The van der Waals surface area contributed by atoms with E-state index < -0.39 is 0 Å². The van der Waals surface area contributed by atoms with Crippen molar-refractivity contribution in [3.05, 3.63) is 56.7 Å². The fourth-order valence-electron chi connectivity index (χ4n) is 3.41. The molecule has 0 saturated heterocycles. The average Bonchev–Trinajstić information content (AvgIpc) is 3.27. The molecule has 3 aromatic rings. The number of nitrogens with zero attached hydrogens (tertiary/aromatic N) is 2. The summed E-state index contributed by atoms with van der Waals surface area (Å²) in [6, 6.07) is 8.46. The van der Waals surface area contributed by atoms with Crippen molar-refractivity contribution in [1.29, 1.82) is 0 Å². The molecule has 3 rings (SSSR count). The molecule has 7 heteroatoms. The van der Waals surface area contributed by atoms with Crippen LogP contribution in [0.15, 0.2) is 29.6 Å². The average molecular weight is 429 g/mol. The molecule has 154 valence electrons. The minimum absolute atomic E-state index is 0.0677. The van der Waals surface area contributed by atoms with Crippen molar-refractivity contribution < 1.29 is 4.79 Å². The summed E-state index contributed by atoms with van der Waals surface area (Å²) in [4.78, 5) is 13.5. The third-order valence-electron chi connectivity index (χ3n) is 5.06. The highest BCUT2D eigenvalue weighted by molar-refractivity contribution is 7.71. The molecule has 0 aliphatic carbocycles. The van der Waals surface area contributed by atoms with Crippen LogP contribution in [-0.2, 0) is 23.2 Å². The minimum Gasteiger partial charge on any atom is -0.354 e. The number of aryl methyl sites for hydroxylation is 2. The van der Waals surface area contributed by atoms with E-state index in [1.165, 1.54) is 22.3 Å². The first-order valence-corrected chi connectivity index (χ1v) is 11.0. The normalized spacial score (nSPS) is 11.6. The number of hydrogen-bond donors (Lipinski definition) is 2. The van der Waals surface area contributed by atoms with E-state index in [0.717, 1.165) is 11.3 Å². The maximum Gasteiger partial charge on any atom is 0.240 e. The van der Waals surface area contributed by atoms with Gasteiger partial charge in [0, 0.05) is 6.54 Å². The predicted octanol–water partition coefficient (Wildman–Crippen LogP) is 4.94. The third kappa shape index (κ3) is 5.03. The minimum atomic E-state index is -0.0677. The first-order valence-electron chi connectivity index (χ1n) is 9.73. The van der Waals surface area contributed by atoms with E-state index in [4.69, 9.17) is 12.2 Å². The van der Waals surface area contributed by atoms with Gasteiger partial charge in [0.25, 0.3) is 0 Å². The van der Waals surface area contributed by atoms with Gasteiger partial charge in [-0.3, -0.25) is 14.5 Å². The van der Waals surface area contributed by atoms with E-state index in [9.17, 15) is 4.79 Å². The summed E-state index contributed by atoms with van der Waals surface area (Å²) in [6.07, 6.45) is 0.808. The van der Waals surface area contributed by atoms with Gasteiger partial charge in [-0.1, -0.05) is 39.0 Å². The zero-order valence-corrected chi connectivity index (χ0v) is 19.3. The van der Waals surface area contributed by atoms with Crippen LogP contribution >= 0.6 is 23.6 Å². The number of benzene rings is 1. The molecule has 5 nitrogen and oxygen atoms in total. The number of hydrogen-bond acceptors (Lipinski definition) is 4. The van der Waals surface area contributed by atoms with Crippen LogP contribution in [0.3, 0.4) is 0 Å². The summed E-state index contributed by atoms with van der Waals surface area (Å²) < 4.78 is 2.19. The Balaban J connectivity index is 1.63. The van der Waals surface area contributed by atoms with E-state index >= 15 is 0 Å². The molecule has 0 bridgehead atoms. The van der Waals surface area contributed by atoms with Crippen LogP contribution in [0.1, 0.15) is 43.0 Å². The number of carbonyl (C=O) groups is 1. The van der Waals surface area contributed by atoms with Crippen LogP contribution in [0.4, 0.5) is 0 Å². The standard InChI is InChI=1S/C22H28N4OS2/c1-14-11-16(22(3,4)5)12-15(2)17(14)8-9-23-19(27)13-26-20(24-25-21(26)28)18-7-6-10-29-18/h6-7,10-12H,8-9,13H2,1-5H3,(H,23,27)(H,25,28). The van der Waals surface area contributed by atoms with E-state index in [0.29, 0.717) is 17.1 Å². The van der Waals surface area contributed by atoms with E-state index in [2.05, 4.69) is 62.3 Å². The highest BCUT2D eigenvalue weighted by Crippen LogP contribution is 2.27. The Morgan fingerprint density at radius 3 is 2.55 bits per heavy atom. The molecule has 2 N–H and O–H groups in total. The lowest BCUT2D eigenvalue weighted by atomic mass is 9.83. The number of amides is 1. The summed E-state index contributed by atoms with van der Waals surface area (Å²) in [7, 11) is 0. The molecule has 0 fully saturated rings. The number of thiophene rings is 1. The quantitative estimate of drug-likeness (QED) is 0.547. The second-order valence-electron chi connectivity index (χ2n) is 8.35. The molecule has 0 unspecified atom stereocenters. The van der Waals surface area contributed by atoms with Gasteiger partial charge in [0.15, 0.2) is 10.6 Å². The molecule has 0 saturated carbocycles. The van der Waals surface area contributed by atoms with Crippen molar-refractivity contribution in [2.45, 2.75) is 53.0 Å². The van der Waals surface area contributed by atoms with Gasteiger partial charge in [0.1, 0.15) is 6.54 Å². The Bertz CT molecular complexity index is 1030. The van der Waals surface area contributed by atoms with Crippen LogP contribution in [0.2, 0.25) is 0 Å². The van der Waals surface area contributed by atoms with Crippen LogP contribution in [0.25, 0.3) is 10.7 Å². The van der Waals surface area contributed by atoms with E-state index in [-0.39, 0.29) is 17.9 Å². The molecule has 2 aromatic heterocycles. The monoisotopic (exact) mass is 428 g/mol. The molecule has 0 aliphatic heterocycles. The van der Waals surface area contributed by atoms with Gasteiger partial charge in [0.2, 0.25) is 5.91 Å². The lowest BCUT2D eigenvalue weighted by Gasteiger charge is -2.22. The first kappa shape index (κ1) is 21.5. The smallest absolute Gasteiger partial charge is 0.240 e. The summed E-state index contributed by atoms with van der Waals surface area (Å²) in [5.74, 6) is 0.631. The number of H-pyrrole nitrogens is 1. The number of carbonyl (C=O) groups excluding carboxylic acids is 1. The number of aromatic nitrogens is 3. The maximum absolute atomic E-state index is 12.5. The van der Waals surface area contributed by atoms with Gasteiger partial charge >= 0.3 is 0 Å². The fourth-order valence-corrected chi connectivity index (χ4v) is 4.32. The molecule has 0 spiro atoms. The van der Waals surface area contributed by atoms with Gasteiger partial charge in [-0.2, -0.15) is 5.10 Å². The summed E-state index contributed by atoms with van der Waals surface area (Å²) in [5, 5.41) is 12.1. The molecule has 0 atom stereocenters. The number of nitrogens with one attached hydrogen (secondary N) is 2. The van der Waals surface area contributed by atoms with Gasteiger partial charge in [-0.15, -0.1) is 11.3 Å². The Morgan fingerprint density at radius 1 is 1.28 bits per heavy atom. The fraction of sp³-hybridized carbons (Fsp3) is 0.409. The van der Waals surface area contributed by atoms with Crippen molar-refractivity contribution in [3.8, 4) is 10.7 Å². The van der Waals surface area contributed by atoms with Crippen molar-refractivity contribution in [1.82, 2.24) is 20.1 Å². The van der Waals surface area contributed by atoms with Gasteiger partial charge < -0.3 is 5.32 Å². The molecule has 2 heterocycles. The summed E-state index contributed by atoms with van der Waals surface area (Å²) >= 11 is 6.87. The highest BCUT2D eigenvalue weighted by atomic mass is 32.1. The van der Waals surface area contributed by atoms with Crippen molar-refractivity contribution in [3.63, 3.8) is 0 Å². The van der Waals surface area contributed by atoms with Crippen LogP contribution in [-0.4, -0.2) is 27.2 Å². The van der Waals surface area contributed by atoms with Crippen LogP contribution in [0, 0.1) is 18.6 Å². The molecule has 1 aromatic carbocycles. The van der Waals surface area contributed by atoms with Crippen LogP contribution in [0.5, 0.6) is 0 Å². The summed E-state index contributed by atoms with van der Waals surface area (Å²) in [5.41, 5.74) is 5.34. The van der Waals surface area contributed by atoms with E-state index in [1.807, 2.05) is 17.5 Å². The molecule has 29 heavy (non-hydrogen) atoms. The number of rotatable bonds is 6.